The molecule has 0 aliphatic heterocycles. The van der Waals surface area contributed by atoms with E-state index < -0.39 is 21.3 Å². The van der Waals surface area contributed by atoms with E-state index in [1.165, 1.54) is 44.5 Å². The minimum atomic E-state index is -2.64. The van der Waals surface area contributed by atoms with Crippen molar-refractivity contribution < 1.29 is 50.5 Å². The van der Waals surface area contributed by atoms with Crippen LogP contribution in [0.15, 0.2) is 81.2 Å². The molecule has 3 aromatic rings. The molecular formula is C38H45Cl2FZr. The molecule has 2 aliphatic carbocycles. The van der Waals surface area contributed by atoms with Gasteiger partial charge in [-0.2, -0.15) is 0 Å². The van der Waals surface area contributed by atoms with Gasteiger partial charge >= 0.3 is 251 Å². The molecule has 0 amide bonds. The Bertz CT molecular complexity index is 1500. The van der Waals surface area contributed by atoms with Crippen molar-refractivity contribution in [2.24, 2.45) is 11.8 Å². The number of hydrogen-bond acceptors (Lipinski definition) is 0. The number of benzene rings is 3. The third-order valence-electron chi connectivity index (χ3n) is 8.91. The second-order valence-corrected chi connectivity index (χ2v) is 20.0. The van der Waals surface area contributed by atoms with Crippen molar-refractivity contribution in [3.8, 4) is 11.1 Å². The van der Waals surface area contributed by atoms with E-state index in [4.69, 9.17) is 0 Å². The standard InChI is InChI=1S/C21H25.C10H15.C7H5F.2ClH.Zr/c1-20(2,3)16-7-9-18-14(12-16)11-15-13-17(21(4,5)6)8-10-19(15)18;1-7(2)10-6-8(3)5-9(10)4;1-6-2-4-7(8)5-3-6;;;/h7-13H,1-6H3;6-8H,1-4H3;1-5H;2*1H;/q;;;;;+2/p-2. The molecule has 222 valence electrons. The summed E-state index contributed by atoms with van der Waals surface area (Å²) in [6, 6.07) is 21.7. The van der Waals surface area contributed by atoms with Gasteiger partial charge in [-0.3, -0.25) is 0 Å². The molecule has 0 saturated heterocycles. The van der Waals surface area contributed by atoms with Crippen LogP contribution in [0.4, 0.5) is 4.39 Å². The smallest absolute Gasteiger partial charge is 1.00 e. The van der Waals surface area contributed by atoms with E-state index in [1.807, 2.05) is 12.1 Å². The van der Waals surface area contributed by atoms with Gasteiger partial charge in [0.1, 0.15) is 0 Å². The molecule has 0 fully saturated rings. The average molecular weight is 683 g/mol. The monoisotopic (exact) mass is 680 g/mol. The van der Waals surface area contributed by atoms with Crippen molar-refractivity contribution >= 4 is 3.71 Å². The van der Waals surface area contributed by atoms with Gasteiger partial charge in [-0.15, -0.1) is 0 Å². The van der Waals surface area contributed by atoms with Gasteiger partial charge in [-0.25, -0.2) is 0 Å². The van der Waals surface area contributed by atoms with Gasteiger partial charge in [-0.1, -0.05) is 0 Å². The minimum absolute atomic E-state index is 0. The summed E-state index contributed by atoms with van der Waals surface area (Å²) in [5.41, 5.74) is 13.0. The van der Waals surface area contributed by atoms with Crippen LogP contribution >= 0.6 is 0 Å². The molecule has 0 radical (unpaired) electrons. The molecule has 0 saturated carbocycles. The second kappa shape index (κ2) is 12.8. The molecule has 0 aromatic heterocycles. The van der Waals surface area contributed by atoms with Crippen molar-refractivity contribution in [2.75, 3.05) is 0 Å². The molecule has 1 unspecified atom stereocenters. The second-order valence-electron chi connectivity index (χ2n) is 14.3. The molecule has 2 aliphatic rings. The van der Waals surface area contributed by atoms with E-state index in [9.17, 15) is 4.39 Å². The van der Waals surface area contributed by atoms with Crippen LogP contribution in [0, 0.1) is 17.7 Å². The largest absolute Gasteiger partial charge is 1.00 e. The average Bonchev–Trinajstić information content (AvgIpc) is 3.35. The van der Waals surface area contributed by atoms with Crippen molar-refractivity contribution in [1.82, 2.24) is 0 Å². The Morgan fingerprint density at radius 2 is 1.24 bits per heavy atom. The van der Waals surface area contributed by atoms with E-state index in [1.54, 1.807) is 15.4 Å². The van der Waals surface area contributed by atoms with Crippen LogP contribution in [0.1, 0.15) is 101 Å². The molecule has 0 bridgehead atoms. The van der Waals surface area contributed by atoms with Gasteiger partial charge in [0, 0.05) is 0 Å². The fourth-order valence-corrected chi connectivity index (χ4v) is 15.3. The van der Waals surface area contributed by atoms with E-state index in [-0.39, 0.29) is 41.5 Å². The first-order valence-electron chi connectivity index (χ1n) is 14.9. The van der Waals surface area contributed by atoms with E-state index >= 15 is 0 Å². The Kier molecular flexibility index (Phi) is 10.6. The summed E-state index contributed by atoms with van der Waals surface area (Å²) in [6.07, 6.45) is 2.53. The molecule has 0 nitrogen and oxygen atoms in total. The third kappa shape index (κ3) is 6.57. The summed E-state index contributed by atoms with van der Waals surface area (Å²) >= 11 is -2.64. The predicted octanol–water partition coefficient (Wildman–Crippen LogP) is 4.47. The van der Waals surface area contributed by atoms with Gasteiger partial charge in [0.2, 0.25) is 0 Å². The van der Waals surface area contributed by atoms with Crippen LogP contribution < -0.4 is 24.8 Å². The summed E-state index contributed by atoms with van der Waals surface area (Å²) in [5.74, 6) is 0.781. The zero-order valence-electron chi connectivity index (χ0n) is 26.8. The van der Waals surface area contributed by atoms with Gasteiger partial charge in [0.25, 0.3) is 0 Å². The molecule has 1 atom stereocenters. The maximum atomic E-state index is 14.0. The van der Waals surface area contributed by atoms with E-state index in [2.05, 4.69) is 115 Å². The summed E-state index contributed by atoms with van der Waals surface area (Å²) in [4.78, 5) is 0. The summed E-state index contributed by atoms with van der Waals surface area (Å²) in [6.45, 7) is 23.3. The van der Waals surface area contributed by atoms with Crippen LogP contribution in [-0.2, 0) is 32.1 Å². The number of hydrogen-bond donors (Lipinski definition) is 0. The maximum Gasteiger partial charge on any atom is -1.00 e. The molecule has 3 aromatic carbocycles. The minimum Gasteiger partial charge on any atom is -1.00 e. The Balaban J connectivity index is 0.00000242. The molecule has 0 heterocycles. The fourth-order valence-electron chi connectivity index (χ4n) is 6.66. The van der Waals surface area contributed by atoms with Crippen LogP contribution in [0.2, 0.25) is 0 Å². The Hall–Kier alpha value is -1.60. The van der Waals surface area contributed by atoms with Crippen molar-refractivity contribution in [3.05, 3.63) is 115 Å². The number of halogens is 3. The van der Waals surface area contributed by atoms with Gasteiger partial charge in [0.05, 0.1) is 0 Å². The summed E-state index contributed by atoms with van der Waals surface area (Å²) in [5, 5.41) is 0. The van der Waals surface area contributed by atoms with E-state index in [0.717, 1.165) is 5.56 Å². The zero-order valence-corrected chi connectivity index (χ0v) is 30.8. The first kappa shape index (κ1) is 34.9. The SMILES string of the molecule is CC1=[C](/[Zr+2](=[CH]\c2ccc(F)cc2)[CH]2c3cc(C(C)(C)C)ccc3-c3ccc(C(C)(C)C)cc32)C(C)C=C1C(C)C.[Cl-].[Cl-]. The topological polar surface area (TPSA) is 0 Å². The predicted molar refractivity (Wildman–Crippen MR) is 167 cm³/mol. The number of allylic oxidation sites excluding steroid dienone is 4. The molecule has 5 rings (SSSR count). The van der Waals surface area contributed by atoms with Crippen molar-refractivity contribution in [2.45, 2.75) is 83.7 Å². The first-order valence-corrected chi connectivity index (χ1v) is 18.9. The van der Waals surface area contributed by atoms with Gasteiger partial charge in [-0.05, 0) is 0 Å². The third-order valence-corrected chi connectivity index (χ3v) is 17.1. The van der Waals surface area contributed by atoms with Crippen LogP contribution in [0.3, 0.4) is 0 Å². The van der Waals surface area contributed by atoms with Crippen LogP contribution in [-0.4, -0.2) is 3.71 Å². The molecule has 0 spiro atoms. The Labute approximate surface area is 273 Å². The Morgan fingerprint density at radius 1 is 0.762 bits per heavy atom. The van der Waals surface area contributed by atoms with Crippen LogP contribution in [0.5, 0.6) is 0 Å². The Morgan fingerprint density at radius 3 is 1.64 bits per heavy atom. The first-order chi connectivity index (χ1) is 18.7. The summed E-state index contributed by atoms with van der Waals surface area (Å²) < 4.78 is 18.7. The zero-order chi connectivity index (χ0) is 29.1. The molecular weight excluding hydrogens is 638 g/mol. The molecule has 0 N–H and O–H groups in total. The fraction of sp³-hybridized carbons (Fsp3) is 0.395. The van der Waals surface area contributed by atoms with Gasteiger partial charge in [0.15, 0.2) is 0 Å². The normalized spacial score (nSPS) is 16.7. The van der Waals surface area contributed by atoms with E-state index in [0.29, 0.717) is 15.5 Å². The molecule has 42 heavy (non-hydrogen) atoms. The van der Waals surface area contributed by atoms with Crippen molar-refractivity contribution in [3.63, 3.8) is 0 Å². The summed E-state index contributed by atoms with van der Waals surface area (Å²) in [7, 11) is 0. The maximum absolute atomic E-state index is 14.0. The van der Waals surface area contributed by atoms with Gasteiger partial charge < -0.3 is 24.8 Å². The van der Waals surface area contributed by atoms with Crippen LogP contribution in [0.25, 0.3) is 11.1 Å². The quantitative estimate of drug-likeness (QED) is 0.381. The van der Waals surface area contributed by atoms with Crippen molar-refractivity contribution in [1.29, 1.82) is 0 Å². The number of fused-ring (bicyclic) bond motifs is 3. The molecule has 4 heteroatoms. The number of rotatable bonds is 4.